The smallest absolute Gasteiger partial charge is 0.181 e. The molecule has 9 rings (SSSR count). The highest BCUT2D eigenvalue weighted by Gasteiger charge is 2.18. The number of para-hydroxylation sites is 2. The number of hydrogen-bond donors (Lipinski definition) is 1. The van der Waals surface area contributed by atoms with Crippen LogP contribution in [0.4, 0.5) is 0 Å². The van der Waals surface area contributed by atoms with Gasteiger partial charge in [-0.3, -0.25) is 0 Å². The minimum absolute atomic E-state index is 0.113. The summed E-state index contributed by atoms with van der Waals surface area (Å²) in [4.78, 5) is 8.49. The molecule has 410 valence electrons. The fourth-order valence-corrected chi connectivity index (χ4v) is 8.96. The molecule has 0 fully saturated rings. The van der Waals surface area contributed by atoms with Crippen LogP contribution in [0.1, 0.15) is 92.3 Å². The quantitative estimate of drug-likeness (QED) is 0.0491. The van der Waals surface area contributed by atoms with Crippen LogP contribution in [0.3, 0.4) is 0 Å². The highest BCUT2D eigenvalue weighted by Crippen LogP contribution is 2.39. The first-order valence-electron chi connectivity index (χ1n) is 27.4. The zero-order chi connectivity index (χ0) is 55.2. The van der Waals surface area contributed by atoms with Crippen molar-refractivity contribution in [2.45, 2.75) is 99.5 Å². The number of phenolic OH excluding ortho intramolecular Hbond substituents is 1. The summed E-state index contributed by atoms with van der Waals surface area (Å²) in [7, 11) is 0. The van der Waals surface area contributed by atoms with E-state index in [0.717, 1.165) is 135 Å². The number of rotatable bonds is 27. The largest absolute Gasteiger partial charge is 0.507 e. The van der Waals surface area contributed by atoms with Crippen molar-refractivity contribution in [3.63, 3.8) is 0 Å². The fourth-order valence-electron chi connectivity index (χ4n) is 8.96. The third-order valence-electron chi connectivity index (χ3n) is 13.2. The summed E-state index contributed by atoms with van der Waals surface area (Å²) in [6.07, 6.45) is 12.6. The van der Waals surface area contributed by atoms with Gasteiger partial charge in [0.25, 0.3) is 0 Å². The molecule has 7 aromatic carbocycles. The highest BCUT2D eigenvalue weighted by molar-refractivity contribution is 5.70. The topological polar surface area (TPSA) is 137 Å². The molecule has 0 unspecified atom stereocenters. The number of hydrogen-bond acceptors (Lipinski definition) is 12. The van der Waals surface area contributed by atoms with Crippen LogP contribution >= 0.6 is 0 Å². The van der Waals surface area contributed by atoms with E-state index in [4.69, 9.17) is 42.0 Å². The van der Waals surface area contributed by atoms with Gasteiger partial charge in [0.1, 0.15) is 88.0 Å². The van der Waals surface area contributed by atoms with E-state index in [1.165, 1.54) is 19.1 Å². The fraction of sp³-hybridized carbons (Fsp3) is 0.284. The Balaban J connectivity index is 0.000000211. The molecule has 0 spiro atoms. The van der Waals surface area contributed by atoms with Crippen LogP contribution in [-0.4, -0.2) is 41.5 Å². The van der Waals surface area contributed by atoms with Gasteiger partial charge in [-0.1, -0.05) is 119 Å². The van der Waals surface area contributed by atoms with Gasteiger partial charge in [0.15, 0.2) is 12.8 Å². The molecule has 0 aliphatic rings. The maximum atomic E-state index is 10.5. The van der Waals surface area contributed by atoms with Crippen LogP contribution in [0.25, 0.3) is 22.5 Å². The molecule has 2 aromatic heterocycles. The van der Waals surface area contributed by atoms with Crippen LogP contribution < -0.4 is 33.2 Å². The summed E-state index contributed by atoms with van der Waals surface area (Å²) in [6.45, 7) is 15.0. The van der Waals surface area contributed by atoms with Crippen LogP contribution in [-0.2, 0) is 32.3 Å². The van der Waals surface area contributed by atoms with Gasteiger partial charge >= 0.3 is 0 Å². The minimum atomic E-state index is 0.113. The number of aromatic hydroxyl groups is 1. The average Bonchev–Trinajstić information content (AvgIpc) is 4.27. The summed E-state index contributed by atoms with van der Waals surface area (Å²) in [5, 5.41) is 10.5. The molecular weight excluding hydrogens is 993 g/mol. The van der Waals surface area contributed by atoms with Gasteiger partial charge < -0.3 is 47.1 Å². The lowest BCUT2D eigenvalue weighted by atomic mass is 10.0. The highest BCUT2D eigenvalue weighted by atomic mass is 16.5. The molecule has 0 aliphatic heterocycles. The molecule has 1 N–H and O–H groups in total. The van der Waals surface area contributed by atoms with Gasteiger partial charge in [-0.25, -0.2) is 9.97 Å². The van der Waals surface area contributed by atoms with Crippen molar-refractivity contribution in [1.82, 2.24) is 9.97 Å². The first-order chi connectivity index (χ1) is 38.8. The molecule has 0 aliphatic carbocycles. The number of nitrogens with zero attached hydrogens (tertiary/aromatic N) is 2. The van der Waals surface area contributed by atoms with Crippen molar-refractivity contribution < 1.29 is 47.1 Å². The molecule has 0 radical (unpaired) electrons. The summed E-state index contributed by atoms with van der Waals surface area (Å²) < 4.78 is 53.9. The first kappa shape index (κ1) is 56.6. The maximum absolute atomic E-state index is 10.5. The van der Waals surface area contributed by atoms with Gasteiger partial charge in [-0.2, -0.15) is 0 Å². The Morgan fingerprint density at radius 3 is 1.35 bits per heavy atom. The van der Waals surface area contributed by atoms with Crippen LogP contribution in [0.5, 0.6) is 57.5 Å². The van der Waals surface area contributed by atoms with Crippen molar-refractivity contribution in [3.8, 4) is 80.0 Å². The number of ether oxygens (including phenoxy) is 7. The molecule has 9 aromatic rings. The number of aromatic nitrogens is 2. The monoisotopic (exact) mass is 1060 g/mol. The molecule has 12 heteroatoms. The summed E-state index contributed by atoms with van der Waals surface area (Å²) in [5.41, 5.74) is 10.4. The Kier molecular flexibility index (Phi) is 20.9. The number of phenols is 1. The Morgan fingerprint density at radius 2 is 0.873 bits per heavy atom. The Labute approximate surface area is 464 Å². The number of oxazole rings is 2. The van der Waals surface area contributed by atoms with Gasteiger partial charge in [-0.05, 0) is 116 Å². The maximum Gasteiger partial charge on any atom is 0.181 e. The molecule has 0 atom stereocenters. The number of benzene rings is 7. The zero-order valence-corrected chi connectivity index (χ0v) is 46.3. The first-order valence-corrected chi connectivity index (χ1v) is 27.4. The molecule has 79 heavy (non-hydrogen) atoms. The molecule has 0 saturated carbocycles. The van der Waals surface area contributed by atoms with E-state index in [0.29, 0.717) is 62.2 Å². The van der Waals surface area contributed by atoms with E-state index in [9.17, 15) is 5.11 Å². The number of aryl methyl sites for hydroxylation is 4. The second kappa shape index (κ2) is 29.2. The van der Waals surface area contributed by atoms with Crippen molar-refractivity contribution in [2.75, 3.05) is 26.4 Å². The molecular formula is C67H72N2O10. The van der Waals surface area contributed by atoms with Gasteiger partial charge in [0, 0.05) is 47.2 Å². The van der Waals surface area contributed by atoms with Crippen LogP contribution in [0.15, 0.2) is 174 Å². The lowest BCUT2D eigenvalue weighted by molar-refractivity contribution is 0.242. The van der Waals surface area contributed by atoms with E-state index in [2.05, 4.69) is 56.7 Å². The third-order valence-corrected chi connectivity index (χ3v) is 13.2. The molecule has 0 bridgehead atoms. The SMILES string of the molecule is CCCc1c(OCCCOc2cc(O)c(-c3cocn3)cc2CC)cccc1Oc1ccccc1C.CCCc1c(OCCCOc2cc(OCc3ccccc3)c(-c3cocn3)cc2CC)cccc1Oc1ccccc1C. The Hall–Kier alpha value is -8.64. The van der Waals surface area contributed by atoms with Crippen molar-refractivity contribution in [1.29, 1.82) is 0 Å². The predicted molar refractivity (Wildman–Crippen MR) is 310 cm³/mol. The second-order valence-corrected chi connectivity index (χ2v) is 19.0. The molecule has 0 saturated heterocycles. The molecule has 0 amide bonds. The van der Waals surface area contributed by atoms with Crippen molar-refractivity contribution >= 4 is 0 Å². The molecule has 12 nitrogen and oxygen atoms in total. The van der Waals surface area contributed by atoms with E-state index in [1.54, 1.807) is 12.3 Å². The van der Waals surface area contributed by atoms with E-state index >= 15 is 0 Å². The van der Waals surface area contributed by atoms with Crippen molar-refractivity contribution in [3.05, 3.63) is 204 Å². The minimum Gasteiger partial charge on any atom is -0.507 e. The molecule has 2 heterocycles. The lowest BCUT2D eigenvalue weighted by Gasteiger charge is -2.18. The van der Waals surface area contributed by atoms with Crippen LogP contribution in [0, 0.1) is 13.8 Å². The van der Waals surface area contributed by atoms with E-state index in [1.807, 2.05) is 128 Å². The van der Waals surface area contributed by atoms with Crippen LogP contribution in [0.2, 0.25) is 0 Å². The second-order valence-electron chi connectivity index (χ2n) is 19.0. The standard InChI is InChI=1S/C37H39NO5.C30H33NO5/c1-4-13-30-34(18-11-19-35(30)43-33-17-10-9-14-27(33)3)40-20-12-21-41-36-23-37(42-24-28-15-7-6-8-16-28)31(22-29(36)5-2)32-25-39-26-38-32;1-4-10-23-28(13-8-14-29(23)36-27-12-7-6-11-21(27)3)34-15-9-16-35-30-18-26(32)24(17-22(30)5-2)25-19-33-20-31-25/h6-11,14-19,22-23,25-26H,4-5,12-13,20-21,24H2,1-3H3;6-8,11-14,17-20,32H,4-5,9-10,15-16H2,1-3H3. The van der Waals surface area contributed by atoms with Crippen molar-refractivity contribution in [2.24, 2.45) is 0 Å². The summed E-state index contributed by atoms with van der Waals surface area (Å²) >= 11 is 0. The predicted octanol–water partition coefficient (Wildman–Crippen LogP) is 16.9. The van der Waals surface area contributed by atoms with Gasteiger partial charge in [0.2, 0.25) is 0 Å². The summed E-state index contributed by atoms with van der Waals surface area (Å²) in [5.74, 6) is 7.37. The average molecular weight is 1070 g/mol. The zero-order valence-electron chi connectivity index (χ0n) is 46.3. The Bertz CT molecular complexity index is 3280. The normalized spacial score (nSPS) is 10.9. The van der Waals surface area contributed by atoms with E-state index < -0.39 is 0 Å². The lowest BCUT2D eigenvalue weighted by Crippen LogP contribution is -2.08. The van der Waals surface area contributed by atoms with E-state index in [-0.39, 0.29) is 5.75 Å². The summed E-state index contributed by atoms with van der Waals surface area (Å²) in [6, 6.07) is 45.7. The van der Waals surface area contributed by atoms with Gasteiger partial charge in [0.05, 0.1) is 26.4 Å². The third kappa shape index (κ3) is 15.5. The van der Waals surface area contributed by atoms with Gasteiger partial charge in [-0.15, -0.1) is 0 Å². The Morgan fingerprint density at radius 1 is 0.430 bits per heavy atom.